The first-order chi connectivity index (χ1) is 9.13. The summed E-state index contributed by atoms with van der Waals surface area (Å²) in [5.41, 5.74) is 1.69. The van der Waals surface area contributed by atoms with Crippen LogP contribution in [0.1, 0.15) is 38.8 Å². The van der Waals surface area contributed by atoms with E-state index in [1.807, 2.05) is 19.1 Å². The van der Waals surface area contributed by atoms with Gasteiger partial charge in [0.2, 0.25) is 0 Å². The largest absolute Gasteiger partial charge is 0.545 e. The SMILES string of the molecule is CCc1ccc(C(=O)c2ccccc2C(=O)[O-])cc1. The number of aryl methyl sites for hydroxylation is 1. The quantitative estimate of drug-likeness (QED) is 0.781. The fourth-order valence-electron chi connectivity index (χ4n) is 1.91. The maximum absolute atomic E-state index is 12.3. The van der Waals surface area contributed by atoms with Gasteiger partial charge in [0.05, 0.1) is 5.97 Å². The van der Waals surface area contributed by atoms with Crippen LogP contribution in [-0.4, -0.2) is 11.8 Å². The maximum Gasteiger partial charge on any atom is 0.193 e. The summed E-state index contributed by atoms with van der Waals surface area (Å²) < 4.78 is 0. The second-order valence-electron chi connectivity index (χ2n) is 4.21. The summed E-state index contributed by atoms with van der Waals surface area (Å²) in [6.45, 7) is 2.03. The summed E-state index contributed by atoms with van der Waals surface area (Å²) >= 11 is 0. The van der Waals surface area contributed by atoms with Gasteiger partial charge in [0.15, 0.2) is 5.78 Å². The molecular formula is C16H13O3-. The fourth-order valence-corrected chi connectivity index (χ4v) is 1.91. The Hall–Kier alpha value is -2.42. The Balaban J connectivity index is 2.41. The van der Waals surface area contributed by atoms with E-state index in [4.69, 9.17) is 0 Å². The molecule has 0 fully saturated rings. The minimum Gasteiger partial charge on any atom is -0.545 e. The monoisotopic (exact) mass is 253 g/mol. The number of carboxylic acids is 1. The van der Waals surface area contributed by atoms with Crippen LogP contribution < -0.4 is 5.11 Å². The number of carbonyl (C=O) groups excluding carboxylic acids is 2. The molecule has 0 N–H and O–H groups in total. The van der Waals surface area contributed by atoms with Crippen molar-refractivity contribution in [1.82, 2.24) is 0 Å². The minimum absolute atomic E-state index is 0.0768. The van der Waals surface area contributed by atoms with Crippen molar-refractivity contribution in [3.63, 3.8) is 0 Å². The van der Waals surface area contributed by atoms with E-state index in [0.29, 0.717) is 5.56 Å². The minimum atomic E-state index is -1.34. The molecule has 0 unspecified atom stereocenters. The van der Waals surface area contributed by atoms with Crippen LogP contribution in [0, 0.1) is 0 Å². The van der Waals surface area contributed by atoms with E-state index < -0.39 is 5.97 Å². The average molecular weight is 253 g/mol. The third-order valence-electron chi connectivity index (χ3n) is 3.02. The van der Waals surface area contributed by atoms with Crippen LogP contribution in [0.3, 0.4) is 0 Å². The average Bonchev–Trinajstić information content (AvgIpc) is 2.46. The van der Waals surface area contributed by atoms with Crippen LogP contribution in [-0.2, 0) is 6.42 Å². The molecule has 0 amide bonds. The molecule has 2 aromatic carbocycles. The highest BCUT2D eigenvalue weighted by molar-refractivity contribution is 6.13. The van der Waals surface area contributed by atoms with Crippen molar-refractivity contribution in [1.29, 1.82) is 0 Å². The Bertz CT molecular complexity index is 612. The molecule has 0 saturated heterocycles. The molecule has 0 aliphatic rings. The Morgan fingerprint density at radius 3 is 2.05 bits per heavy atom. The first kappa shape index (κ1) is 13.0. The van der Waals surface area contributed by atoms with Crippen molar-refractivity contribution in [2.75, 3.05) is 0 Å². The van der Waals surface area contributed by atoms with Crippen LogP contribution in [0.4, 0.5) is 0 Å². The van der Waals surface area contributed by atoms with E-state index in [1.54, 1.807) is 24.3 Å². The van der Waals surface area contributed by atoms with Crippen molar-refractivity contribution >= 4 is 11.8 Å². The van der Waals surface area contributed by atoms with Gasteiger partial charge in [-0.05, 0) is 12.0 Å². The van der Waals surface area contributed by atoms with E-state index in [2.05, 4.69) is 0 Å². The molecule has 0 atom stereocenters. The molecule has 3 heteroatoms. The zero-order valence-electron chi connectivity index (χ0n) is 10.6. The lowest BCUT2D eigenvalue weighted by Gasteiger charge is -2.09. The van der Waals surface area contributed by atoms with Gasteiger partial charge in [0.25, 0.3) is 0 Å². The van der Waals surface area contributed by atoms with Crippen molar-refractivity contribution in [2.45, 2.75) is 13.3 Å². The lowest BCUT2D eigenvalue weighted by Crippen LogP contribution is -2.25. The highest BCUT2D eigenvalue weighted by atomic mass is 16.4. The second-order valence-corrected chi connectivity index (χ2v) is 4.21. The predicted molar refractivity (Wildman–Crippen MR) is 70.0 cm³/mol. The Morgan fingerprint density at radius 1 is 0.947 bits per heavy atom. The molecule has 0 aliphatic heterocycles. The predicted octanol–water partition coefficient (Wildman–Crippen LogP) is 1.84. The van der Waals surface area contributed by atoms with Gasteiger partial charge in [0.1, 0.15) is 0 Å². The normalized spacial score (nSPS) is 10.2. The molecule has 0 aliphatic carbocycles. The molecular weight excluding hydrogens is 240 g/mol. The highest BCUT2D eigenvalue weighted by Crippen LogP contribution is 2.15. The van der Waals surface area contributed by atoms with E-state index >= 15 is 0 Å². The maximum atomic E-state index is 12.3. The molecule has 0 aromatic heterocycles. The molecule has 2 aromatic rings. The number of rotatable bonds is 4. The van der Waals surface area contributed by atoms with Crippen molar-refractivity contribution in [3.8, 4) is 0 Å². The highest BCUT2D eigenvalue weighted by Gasteiger charge is 2.13. The standard InChI is InChI=1S/C16H14O3/c1-2-11-7-9-12(10-8-11)15(17)13-5-3-4-6-14(13)16(18)19/h3-10H,2H2,1H3,(H,18,19)/p-1. The molecule has 3 nitrogen and oxygen atoms in total. The van der Waals surface area contributed by atoms with Gasteiger partial charge in [-0.15, -0.1) is 0 Å². The van der Waals surface area contributed by atoms with E-state index in [0.717, 1.165) is 12.0 Å². The Morgan fingerprint density at radius 2 is 1.53 bits per heavy atom. The van der Waals surface area contributed by atoms with Crippen molar-refractivity contribution in [2.24, 2.45) is 0 Å². The number of benzene rings is 2. The van der Waals surface area contributed by atoms with E-state index in [-0.39, 0.29) is 16.9 Å². The van der Waals surface area contributed by atoms with Gasteiger partial charge in [-0.2, -0.15) is 0 Å². The van der Waals surface area contributed by atoms with E-state index in [1.165, 1.54) is 12.1 Å². The van der Waals surface area contributed by atoms with Crippen LogP contribution in [0.15, 0.2) is 48.5 Å². The van der Waals surface area contributed by atoms with Gasteiger partial charge in [0, 0.05) is 16.7 Å². The third kappa shape index (κ3) is 2.71. The number of carbonyl (C=O) groups is 2. The van der Waals surface area contributed by atoms with Gasteiger partial charge < -0.3 is 9.90 Å². The first-order valence-corrected chi connectivity index (χ1v) is 6.07. The molecule has 0 bridgehead atoms. The molecule has 0 saturated carbocycles. The smallest absolute Gasteiger partial charge is 0.193 e. The zero-order chi connectivity index (χ0) is 13.8. The molecule has 0 heterocycles. The summed E-state index contributed by atoms with van der Waals surface area (Å²) in [5.74, 6) is -1.64. The van der Waals surface area contributed by atoms with Gasteiger partial charge in [-0.3, -0.25) is 4.79 Å². The van der Waals surface area contributed by atoms with Crippen LogP contribution in [0.2, 0.25) is 0 Å². The van der Waals surface area contributed by atoms with Crippen LogP contribution in [0.25, 0.3) is 0 Å². The molecule has 19 heavy (non-hydrogen) atoms. The topological polar surface area (TPSA) is 57.2 Å². The Labute approximate surface area is 111 Å². The van der Waals surface area contributed by atoms with Gasteiger partial charge >= 0.3 is 0 Å². The van der Waals surface area contributed by atoms with Gasteiger partial charge in [-0.1, -0.05) is 55.5 Å². The fraction of sp³-hybridized carbons (Fsp3) is 0.125. The third-order valence-corrected chi connectivity index (χ3v) is 3.02. The summed E-state index contributed by atoms with van der Waals surface area (Å²) in [7, 11) is 0. The zero-order valence-corrected chi connectivity index (χ0v) is 10.6. The molecule has 0 radical (unpaired) electrons. The van der Waals surface area contributed by atoms with Crippen LogP contribution in [0.5, 0.6) is 0 Å². The summed E-state index contributed by atoms with van der Waals surface area (Å²) in [6, 6.07) is 13.3. The van der Waals surface area contributed by atoms with Crippen LogP contribution >= 0.6 is 0 Å². The molecule has 0 spiro atoms. The lowest BCUT2D eigenvalue weighted by atomic mass is 9.97. The number of ketones is 1. The van der Waals surface area contributed by atoms with Crippen molar-refractivity contribution in [3.05, 3.63) is 70.8 Å². The summed E-state index contributed by atoms with van der Waals surface area (Å²) in [6.07, 6.45) is 0.893. The van der Waals surface area contributed by atoms with Gasteiger partial charge in [-0.25, -0.2) is 0 Å². The summed E-state index contributed by atoms with van der Waals surface area (Å²) in [4.78, 5) is 23.3. The summed E-state index contributed by atoms with van der Waals surface area (Å²) in [5, 5.41) is 11.0. The number of hydrogen-bond donors (Lipinski definition) is 0. The second kappa shape index (κ2) is 5.48. The van der Waals surface area contributed by atoms with E-state index in [9.17, 15) is 14.7 Å². The first-order valence-electron chi connectivity index (χ1n) is 6.07. The number of aromatic carboxylic acids is 1. The molecule has 96 valence electrons. The van der Waals surface area contributed by atoms with Crippen molar-refractivity contribution < 1.29 is 14.7 Å². The molecule has 2 rings (SSSR count). The number of hydrogen-bond acceptors (Lipinski definition) is 3. The lowest BCUT2D eigenvalue weighted by molar-refractivity contribution is -0.255. The Kier molecular flexibility index (Phi) is 3.76. The number of carboxylic acid groups (broad SMARTS) is 1.